The van der Waals surface area contributed by atoms with Gasteiger partial charge in [-0.05, 0) is 35.9 Å². The molecule has 0 aliphatic carbocycles. The molecule has 0 spiro atoms. The molecular formula is C17H10ClF3. The molecule has 2 aromatic carbocycles. The minimum atomic E-state index is -4.51. The normalized spacial score (nSPS) is 11.7. The van der Waals surface area contributed by atoms with Crippen molar-refractivity contribution in [1.82, 2.24) is 0 Å². The van der Waals surface area contributed by atoms with Crippen LogP contribution in [0.25, 0.3) is 6.08 Å². The Morgan fingerprint density at radius 1 is 1.00 bits per heavy atom. The topological polar surface area (TPSA) is 0 Å². The number of benzene rings is 2. The summed E-state index contributed by atoms with van der Waals surface area (Å²) in [5.74, 6) is 4.70. The zero-order chi connectivity index (χ0) is 15.3. The van der Waals surface area contributed by atoms with Crippen LogP contribution < -0.4 is 0 Å². The van der Waals surface area contributed by atoms with E-state index in [2.05, 4.69) is 11.8 Å². The standard InChI is InChI=1S/C17H10ClF3/c18-16-8-4-7-14(12-16)11-15(17(19,20)21)10-9-13-5-2-1-3-6-13/h1-8,11-12H/b15-11-. The molecule has 0 fully saturated rings. The molecular weight excluding hydrogens is 297 g/mol. The highest BCUT2D eigenvalue weighted by Crippen LogP contribution is 2.27. The summed E-state index contributed by atoms with van der Waals surface area (Å²) in [5.41, 5.74) is -0.0236. The van der Waals surface area contributed by atoms with E-state index >= 15 is 0 Å². The van der Waals surface area contributed by atoms with Crippen molar-refractivity contribution in [3.63, 3.8) is 0 Å². The summed E-state index contributed by atoms with van der Waals surface area (Å²) >= 11 is 5.77. The summed E-state index contributed by atoms with van der Waals surface area (Å²) in [4.78, 5) is 0. The molecule has 0 nitrogen and oxygen atoms in total. The van der Waals surface area contributed by atoms with Crippen molar-refractivity contribution >= 4 is 17.7 Å². The number of allylic oxidation sites excluding steroid dienone is 1. The van der Waals surface area contributed by atoms with Crippen LogP contribution in [0.1, 0.15) is 11.1 Å². The lowest BCUT2D eigenvalue weighted by molar-refractivity contribution is -0.0863. The van der Waals surface area contributed by atoms with E-state index in [1.54, 1.807) is 48.5 Å². The van der Waals surface area contributed by atoms with Crippen LogP contribution in [0.2, 0.25) is 5.02 Å². The van der Waals surface area contributed by atoms with E-state index in [0.717, 1.165) is 6.08 Å². The highest BCUT2D eigenvalue weighted by Gasteiger charge is 2.32. The van der Waals surface area contributed by atoms with Crippen LogP contribution in [0, 0.1) is 11.8 Å². The van der Waals surface area contributed by atoms with Gasteiger partial charge >= 0.3 is 6.18 Å². The van der Waals surface area contributed by atoms with E-state index in [0.29, 0.717) is 16.1 Å². The minimum absolute atomic E-state index is 0.359. The second kappa shape index (κ2) is 6.51. The Hall–Kier alpha value is -2.18. The Morgan fingerprint density at radius 3 is 2.33 bits per heavy atom. The number of rotatable bonds is 1. The molecule has 0 saturated carbocycles. The third kappa shape index (κ3) is 4.70. The van der Waals surface area contributed by atoms with Crippen LogP contribution in [0.4, 0.5) is 13.2 Å². The maximum absolute atomic E-state index is 13.0. The molecule has 0 bridgehead atoms. The minimum Gasteiger partial charge on any atom is -0.165 e. The van der Waals surface area contributed by atoms with Gasteiger partial charge in [-0.1, -0.05) is 53.8 Å². The zero-order valence-corrected chi connectivity index (χ0v) is 11.5. The Labute approximate surface area is 125 Å². The van der Waals surface area contributed by atoms with Gasteiger partial charge in [0.05, 0.1) is 0 Å². The lowest BCUT2D eigenvalue weighted by Gasteiger charge is -2.05. The molecule has 2 aromatic rings. The van der Waals surface area contributed by atoms with Gasteiger partial charge < -0.3 is 0 Å². The van der Waals surface area contributed by atoms with E-state index in [1.807, 2.05) is 0 Å². The van der Waals surface area contributed by atoms with Crippen molar-refractivity contribution in [3.05, 3.63) is 76.3 Å². The second-order valence-corrected chi connectivity index (χ2v) is 4.66. The van der Waals surface area contributed by atoms with E-state index in [4.69, 9.17) is 11.6 Å². The van der Waals surface area contributed by atoms with Gasteiger partial charge in [0, 0.05) is 10.6 Å². The van der Waals surface area contributed by atoms with Crippen LogP contribution in [-0.4, -0.2) is 6.18 Å². The van der Waals surface area contributed by atoms with Gasteiger partial charge in [0.1, 0.15) is 5.57 Å². The summed E-state index contributed by atoms with van der Waals surface area (Å²) in [6, 6.07) is 14.7. The van der Waals surface area contributed by atoms with Crippen LogP contribution in [0.5, 0.6) is 0 Å². The molecule has 0 radical (unpaired) electrons. The van der Waals surface area contributed by atoms with Crippen LogP contribution in [0.3, 0.4) is 0 Å². The molecule has 2 rings (SSSR count). The molecule has 0 aliphatic rings. The lowest BCUT2D eigenvalue weighted by Crippen LogP contribution is -2.10. The third-order valence-corrected chi connectivity index (χ3v) is 2.82. The van der Waals surface area contributed by atoms with Crippen molar-refractivity contribution in [2.75, 3.05) is 0 Å². The average Bonchev–Trinajstić information content (AvgIpc) is 2.43. The predicted octanol–water partition coefficient (Wildman–Crippen LogP) is 5.34. The van der Waals surface area contributed by atoms with Crippen molar-refractivity contribution in [1.29, 1.82) is 0 Å². The highest BCUT2D eigenvalue weighted by molar-refractivity contribution is 6.30. The maximum atomic E-state index is 13.0. The largest absolute Gasteiger partial charge is 0.424 e. The van der Waals surface area contributed by atoms with Crippen molar-refractivity contribution in [3.8, 4) is 11.8 Å². The summed E-state index contributed by atoms with van der Waals surface area (Å²) < 4.78 is 39.0. The fourth-order valence-corrected chi connectivity index (χ4v) is 1.81. The molecule has 4 heteroatoms. The molecule has 0 heterocycles. The summed E-state index contributed by atoms with van der Waals surface area (Å²) in [7, 11) is 0. The van der Waals surface area contributed by atoms with Crippen molar-refractivity contribution in [2.24, 2.45) is 0 Å². The monoisotopic (exact) mass is 306 g/mol. The van der Waals surface area contributed by atoms with Gasteiger partial charge in [0.25, 0.3) is 0 Å². The summed E-state index contributed by atoms with van der Waals surface area (Å²) in [6.45, 7) is 0. The zero-order valence-electron chi connectivity index (χ0n) is 10.8. The third-order valence-electron chi connectivity index (χ3n) is 2.58. The first-order chi connectivity index (χ1) is 9.95. The molecule has 0 atom stereocenters. The Bertz CT molecular complexity index is 704. The van der Waals surface area contributed by atoms with Gasteiger partial charge in [-0.3, -0.25) is 0 Å². The molecule has 0 amide bonds. The van der Waals surface area contributed by atoms with Gasteiger partial charge in [-0.25, -0.2) is 0 Å². The Balaban J connectivity index is 2.39. The van der Waals surface area contributed by atoms with Crippen LogP contribution in [0.15, 0.2) is 60.2 Å². The first kappa shape index (κ1) is 15.2. The summed E-state index contributed by atoms with van der Waals surface area (Å²) in [6.07, 6.45) is -3.52. The number of alkyl halides is 3. The number of hydrogen-bond acceptors (Lipinski definition) is 0. The van der Waals surface area contributed by atoms with Gasteiger partial charge in [-0.15, -0.1) is 0 Å². The van der Waals surface area contributed by atoms with Gasteiger partial charge in [-0.2, -0.15) is 13.2 Å². The van der Waals surface area contributed by atoms with Crippen LogP contribution >= 0.6 is 11.6 Å². The highest BCUT2D eigenvalue weighted by atomic mass is 35.5. The second-order valence-electron chi connectivity index (χ2n) is 4.23. The SMILES string of the molecule is FC(F)(F)/C(C#Cc1ccccc1)=C\c1cccc(Cl)c1. The smallest absolute Gasteiger partial charge is 0.165 e. The molecule has 0 aliphatic heterocycles. The number of halogens is 4. The van der Waals surface area contributed by atoms with E-state index in [1.165, 1.54) is 6.07 Å². The molecule has 106 valence electrons. The fourth-order valence-electron chi connectivity index (χ4n) is 1.61. The Kier molecular flexibility index (Phi) is 4.72. The van der Waals surface area contributed by atoms with Gasteiger partial charge in [0.2, 0.25) is 0 Å². The van der Waals surface area contributed by atoms with Crippen molar-refractivity contribution in [2.45, 2.75) is 6.18 Å². The first-order valence-corrected chi connectivity index (χ1v) is 6.44. The molecule has 0 N–H and O–H groups in total. The fraction of sp³-hybridized carbons (Fsp3) is 0.0588. The average molecular weight is 307 g/mol. The molecule has 0 aromatic heterocycles. The number of hydrogen-bond donors (Lipinski definition) is 0. The lowest BCUT2D eigenvalue weighted by atomic mass is 10.1. The first-order valence-electron chi connectivity index (χ1n) is 6.07. The molecule has 21 heavy (non-hydrogen) atoms. The van der Waals surface area contributed by atoms with Crippen LogP contribution in [-0.2, 0) is 0 Å². The Morgan fingerprint density at radius 2 is 1.71 bits per heavy atom. The summed E-state index contributed by atoms with van der Waals surface area (Å²) in [5, 5.41) is 0.376. The maximum Gasteiger partial charge on any atom is 0.424 e. The quantitative estimate of drug-likeness (QED) is 0.624. The molecule has 0 unspecified atom stereocenters. The predicted molar refractivity (Wildman–Crippen MR) is 78.8 cm³/mol. The van der Waals surface area contributed by atoms with Crippen molar-refractivity contribution < 1.29 is 13.2 Å². The van der Waals surface area contributed by atoms with E-state index in [9.17, 15) is 13.2 Å². The van der Waals surface area contributed by atoms with Gasteiger partial charge in [0.15, 0.2) is 0 Å². The van der Waals surface area contributed by atoms with E-state index < -0.39 is 11.7 Å². The molecule has 0 saturated heterocycles. The van der Waals surface area contributed by atoms with E-state index in [-0.39, 0.29) is 0 Å².